The van der Waals surface area contributed by atoms with Gasteiger partial charge in [-0.3, -0.25) is 4.90 Å². The molecule has 3 N–H and O–H groups in total. The molecule has 4 heteroatoms. The molecule has 0 amide bonds. The van der Waals surface area contributed by atoms with Gasteiger partial charge in [0.25, 0.3) is 0 Å². The van der Waals surface area contributed by atoms with E-state index < -0.39 is 0 Å². The minimum Gasteiger partial charge on any atom is -0.396 e. The highest BCUT2D eigenvalue weighted by Crippen LogP contribution is 2.26. The van der Waals surface area contributed by atoms with Crippen molar-refractivity contribution in [3.8, 4) is 0 Å². The average Bonchev–Trinajstić information content (AvgIpc) is 2.35. The maximum Gasteiger partial charge on any atom is 0.123 e. The van der Waals surface area contributed by atoms with Gasteiger partial charge in [0.05, 0.1) is 0 Å². The van der Waals surface area contributed by atoms with Gasteiger partial charge in [0.15, 0.2) is 0 Å². The minimum atomic E-state index is -0.237. The minimum absolute atomic E-state index is 0.0344. The van der Waals surface area contributed by atoms with Crippen LogP contribution in [0.15, 0.2) is 24.3 Å². The first-order valence-electron chi connectivity index (χ1n) is 6.85. The molecule has 0 saturated carbocycles. The van der Waals surface area contributed by atoms with Gasteiger partial charge in [-0.1, -0.05) is 12.1 Å². The topological polar surface area (TPSA) is 49.5 Å². The van der Waals surface area contributed by atoms with Crippen LogP contribution in [0.4, 0.5) is 4.39 Å². The second-order valence-electron chi connectivity index (χ2n) is 5.26. The largest absolute Gasteiger partial charge is 0.396 e. The summed E-state index contributed by atoms with van der Waals surface area (Å²) in [6.07, 6.45) is 0.711. The van der Waals surface area contributed by atoms with Gasteiger partial charge in [-0.05, 0) is 44.9 Å². The molecule has 0 aromatic heterocycles. The Hall–Kier alpha value is -0.970. The molecule has 1 aromatic rings. The molecule has 0 radical (unpaired) electrons. The Kier molecular flexibility index (Phi) is 6.42. The fraction of sp³-hybridized carbons (Fsp3) is 0.600. The Balaban J connectivity index is 2.99. The average molecular weight is 268 g/mol. The molecule has 0 bridgehead atoms. The van der Waals surface area contributed by atoms with Crippen LogP contribution < -0.4 is 5.73 Å². The third-order valence-corrected chi connectivity index (χ3v) is 3.30. The predicted molar refractivity (Wildman–Crippen MR) is 76.3 cm³/mol. The Morgan fingerprint density at radius 3 is 2.21 bits per heavy atom. The Morgan fingerprint density at radius 1 is 1.21 bits per heavy atom. The summed E-state index contributed by atoms with van der Waals surface area (Å²) < 4.78 is 13.0. The molecule has 1 aromatic carbocycles. The van der Waals surface area contributed by atoms with E-state index in [1.54, 1.807) is 12.1 Å². The van der Waals surface area contributed by atoms with Crippen molar-refractivity contribution in [1.82, 2.24) is 4.90 Å². The quantitative estimate of drug-likeness (QED) is 0.798. The van der Waals surface area contributed by atoms with Gasteiger partial charge in [0.1, 0.15) is 5.82 Å². The molecule has 3 nitrogen and oxygen atoms in total. The van der Waals surface area contributed by atoms with E-state index in [-0.39, 0.29) is 24.5 Å². The number of aliphatic hydroxyl groups is 1. The zero-order chi connectivity index (χ0) is 14.4. The standard InChI is InChI=1S/C15H25FN2O/c1-11(2)18(9-4-10-19)15(12(3)17)13-5-7-14(16)8-6-13/h5-8,11-12,15,19H,4,9-10,17H2,1-3H3. The highest BCUT2D eigenvalue weighted by atomic mass is 19.1. The molecule has 0 aliphatic rings. The maximum atomic E-state index is 13.0. The number of rotatable bonds is 7. The van der Waals surface area contributed by atoms with Gasteiger partial charge in [0, 0.05) is 31.3 Å². The molecule has 0 spiro atoms. The SMILES string of the molecule is CC(N)C(c1ccc(F)cc1)N(CCCO)C(C)C. The molecule has 1 rings (SSSR count). The lowest BCUT2D eigenvalue weighted by molar-refractivity contribution is 0.123. The first kappa shape index (κ1) is 16.1. The second kappa shape index (κ2) is 7.58. The van der Waals surface area contributed by atoms with Crippen LogP contribution in [-0.4, -0.2) is 35.2 Å². The normalized spacial score (nSPS) is 14.9. The fourth-order valence-corrected chi connectivity index (χ4v) is 2.43. The van der Waals surface area contributed by atoms with Crippen LogP contribution in [-0.2, 0) is 0 Å². The Morgan fingerprint density at radius 2 is 1.79 bits per heavy atom. The van der Waals surface area contributed by atoms with Crippen molar-refractivity contribution in [2.24, 2.45) is 5.73 Å². The van der Waals surface area contributed by atoms with Gasteiger partial charge < -0.3 is 10.8 Å². The van der Waals surface area contributed by atoms with Crippen LogP contribution in [0.25, 0.3) is 0 Å². The summed E-state index contributed by atoms with van der Waals surface area (Å²) in [6, 6.07) is 6.80. The third kappa shape index (κ3) is 4.56. The lowest BCUT2D eigenvalue weighted by Crippen LogP contribution is -2.43. The number of nitrogens with two attached hydrogens (primary N) is 1. The number of nitrogens with zero attached hydrogens (tertiary/aromatic N) is 1. The number of halogens is 1. The second-order valence-corrected chi connectivity index (χ2v) is 5.26. The van der Waals surface area contributed by atoms with E-state index in [9.17, 15) is 4.39 Å². The molecule has 2 atom stereocenters. The van der Waals surface area contributed by atoms with E-state index in [4.69, 9.17) is 10.8 Å². The van der Waals surface area contributed by atoms with Crippen LogP contribution >= 0.6 is 0 Å². The molecule has 0 fully saturated rings. The van der Waals surface area contributed by atoms with Gasteiger partial charge in [-0.15, -0.1) is 0 Å². The maximum absolute atomic E-state index is 13.0. The fourth-order valence-electron chi connectivity index (χ4n) is 2.43. The van der Waals surface area contributed by atoms with Crippen molar-refractivity contribution in [2.45, 2.75) is 45.3 Å². The zero-order valence-corrected chi connectivity index (χ0v) is 12.0. The Bertz CT molecular complexity index is 365. The lowest BCUT2D eigenvalue weighted by Gasteiger charge is -2.37. The number of hydrogen-bond acceptors (Lipinski definition) is 3. The van der Waals surface area contributed by atoms with Gasteiger partial charge in [-0.2, -0.15) is 0 Å². The van der Waals surface area contributed by atoms with Crippen LogP contribution in [0.5, 0.6) is 0 Å². The van der Waals surface area contributed by atoms with Crippen molar-refractivity contribution in [3.63, 3.8) is 0 Å². The van der Waals surface area contributed by atoms with Crippen LogP contribution in [0.1, 0.15) is 38.8 Å². The Labute approximate surface area is 115 Å². The molecule has 0 aliphatic heterocycles. The molecular formula is C15H25FN2O. The summed E-state index contributed by atoms with van der Waals surface area (Å²) in [5.41, 5.74) is 7.14. The van der Waals surface area contributed by atoms with Crippen molar-refractivity contribution in [1.29, 1.82) is 0 Å². The third-order valence-electron chi connectivity index (χ3n) is 3.30. The molecule has 0 heterocycles. The van der Waals surface area contributed by atoms with Gasteiger partial charge in [-0.25, -0.2) is 4.39 Å². The first-order chi connectivity index (χ1) is 8.97. The van der Waals surface area contributed by atoms with Crippen molar-refractivity contribution in [2.75, 3.05) is 13.2 Å². The van der Waals surface area contributed by atoms with Crippen molar-refractivity contribution < 1.29 is 9.50 Å². The van der Waals surface area contributed by atoms with Crippen molar-refractivity contribution in [3.05, 3.63) is 35.6 Å². The summed E-state index contributed by atoms with van der Waals surface area (Å²) in [5.74, 6) is -0.237. The molecule has 2 unspecified atom stereocenters. The number of benzene rings is 1. The van der Waals surface area contributed by atoms with Crippen molar-refractivity contribution >= 4 is 0 Å². The van der Waals surface area contributed by atoms with E-state index >= 15 is 0 Å². The van der Waals surface area contributed by atoms with Crippen LogP contribution in [0.2, 0.25) is 0 Å². The predicted octanol–water partition coefficient (Wildman–Crippen LogP) is 2.31. The first-order valence-corrected chi connectivity index (χ1v) is 6.85. The molecular weight excluding hydrogens is 243 g/mol. The lowest BCUT2D eigenvalue weighted by atomic mass is 9.97. The molecule has 0 saturated heterocycles. The summed E-state index contributed by atoms with van der Waals surface area (Å²) >= 11 is 0. The number of hydrogen-bond donors (Lipinski definition) is 2. The van der Waals surface area contributed by atoms with E-state index in [0.717, 1.165) is 12.1 Å². The smallest absolute Gasteiger partial charge is 0.123 e. The highest BCUT2D eigenvalue weighted by molar-refractivity contribution is 5.21. The highest BCUT2D eigenvalue weighted by Gasteiger charge is 2.25. The molecule has 0 aliphatic carbocycles. The summed E-state index contributed by atoms with van der Waals surface area (Å²) in [4.78, 5) is 2.26. The summed E-state index contributed by atoms with van der Waals surface area (Å²) in [6.45, 7) is 7.12. The van der Waals surface area contributed by atoms with E-state index in [1.807, 2.05) is 6.92 Å². The van der Waals surface area contributed by atoms with Gasteiger partial charge >= 0.3 is 0 Å². The zero-order valence-electron chi connectivity index (χ0n) is 12.0. The van der Waals surface area contributed by atoms with E-state index in [1.165, 1.54) is 12.1 Å². The van der Waals surface area contributed by atoms with Crippen LogP contribution in [0, 0.1) is 5.82 Å². The molecule has 108 valence electrons. The molecule has 19 heavy (non-hydrogen) atoms. The monoisotopic (exact) mass is 268 g/mol. The van der Waals surface area contributed by atoms with Gasteiger partial charge in [0.2, 0.25) is 0 Å². The summed E-state index contributed by atoms with van der Waals surface area (Å²) in [5, 5.41) is 9.02. The number of aliphatic hydroxyl groups excluding tert-OH is 1. The van der Waals surface area contributed by atoms with Crippen LogP contribution in [0.3, 0.4) is 0 Å². The van der Waals surface area contributed by atoms with E-state index in [2.05, 4.69) is 18.7 Å². The van der Waals surface area contributed by atoms with E-state index in [0.29, 0.717) is 12.5 Å². The summed E-state index contributed by atoms with van der Waals surface area (Å²) in [7, 11) is 0.